The van der Waals surface area contributed by atoms with Gasteiger partial charge in [0.05, 0.1) is 18.7 Å². The number of halogens is 1. The average Bonchev–Trinajstić information content (AvgIpc) is 2.55. The van der Waals surface area contributed by atoms with E-state index in [9.17, 15) is 0 Å². The van der Waals surface area contributed by atoms with E-state index in [0.717, 1.165) is 25.3 Å². The lowest BCUT2D eigenvalue weighted by atomic mass is 10.0. The van der Waals surface area contributed by atoms with Crippen molar-refractivity contribution in [3.8, 4) is 5.75 Å². The average molecular weight is 354 g/mol. The second-order valence-corrected chi connectivity index (χ2v) is 6.68. The molecule has 0 aromatic heterocycles. The Labute approximate surface area is 149 Å². The molecule has 0 radical (unpaired) electrons. The number of aliphatic imine (C=N–C) groups is 1. The fourth-order valence-electron chi connectivity index (χ4n) is 2.90. The van der Waals surface area contributed by atoms with Gasteiger partial charge in [-0.05, 0) is 58.2 Å². The zero-order valence-electron chi connectivity index (χ0n) is 14.8. The number of ether oxygens (including phenoxy) is 1. The minimum absolute atomic E-state index is 0.402. The maximum Gasteiger partial charge on any atom is 0.193 e. The summed E-state index contributed by atoms with van der Waals surface area (Å²) in [6.07, 6.45) is 2.43. The first-order valence-corrected chi connectivity index (χ1v) is 8.66. The van der Waals surface area contributed by atoms with Crippen LogP contribution in [-0.4, -0.2) is 69.2 Å². The van der Waals surface area contributed by atoms with E-state index in [1.54, 1.807) is 19.2 Å². The van der Waals surface area contributed by atoms with Crippen LogP contribution in [0.25, 0.3) is 0 Å². The molecule has 0 bridgehead atoms. The predicted molar refractivity (Wildman–Crippen MR) is 101 cm³/mol. The van der Waals surface area contributed by atoms with Crippen LogP contribution in [0.15, 0.2) is 23.2 Å². The first-order valence-electron chi connectivity index (χ1n) is 8.29. The van der Waals surface area contributed by atoms with E-state index in [2.05, 4.69) is 34.2 Å². The molecule has 1 aliphatic rings. The minimum atomic E-state index is 0.402. The highest BCUT2D eigenvalue weighted by Gasteiger charge is 2.19. The Balaban J connectivity index is 1.75. The summed E-state index contributed by atoms with van der Waals surface area (Å²) in [6.45, 7) is 3.88. The molecule has 0 aliphatic carbocycles. The van der Waals surface area contributed by atoms with Crippen LogP contribution < -0.4 is 15.8 Å². The summed E-state index contributed by atoms with van der Waals surface area (Å²) in [4.78, 5) is 9.16. The molecule has 0 atom stereocenters. The van der Waals surface area contributed by atoms with Gasteiger partial charge in [-0.3, -0.25) is 4.99 Å². The molecule has 0 saturated carbocycles. The highest BCUT2D eigenvalue weighted by Crippen LogP contribution is 2.27. The molecule has 2 rings (SSSR count). The quantitative estimate of drug-likeness (QED) is 0.605. The number of anilines is 1. The van der Waals surface area contributed by atoms with E-state index < -0.39 is 0 Å². The molecule has 0 unspecified atom stereocenters. The summed E-state index contributed by atoms with van der Waals surface area (Å²) >= 11 is 6.10. The topological polar surface area (TPSA) is 66.1 Å². The van der Waals surface area contributed by atoms with Crippen molar-refractivity contribution in [2.75, 3.05) is 52.7 Å². The van der Waals surface area contributed by atoms with E-state index >= 15 is 0 Å². The van der Waals surface area contributed by atoms with Crippen molar-refractivity contribution in [2.24, 2.45) is 10.7 Å². The Morgan fingerprint density at radius 3 is 2.71 bits per heavy atom. The number of hydrogen-bond acceptors (Lipinski definition) is 4. The van der Waals surface area contributed by atoms with E-state index in [1.165, 1.54) is 12.8 Å². The minimum Gasteiger partial charge on any atom is -0.495 e. The maximum atomic E-state index is 6.10. The number of nitrogens with two attached hydrogens (primary N) is 1. The zero-order valence-corrected chi connectivity index (χ0v) is 15.5. The number of piperidine rings is 1. The van der Waals surface area contributed by atoms with Crippen molar-refractivity contribution in [3.05, 3.63) is 23.2 Å². The fraction of sp³-hybridized carbons (Fsp3) is 0.588. The fourth-order valence-corrected chi connectivity index (χ4v) is 3.16. The van der Waals surface area contributed by atoms with Crippen LogP contribution in [0.5, 0.6) is 5.75 Å². The molecule has 24 heavy (non-hydrogen) atoms. The number of rotatable bonds is 6. The van der Waals surface area contributed by atoms with Crippen LogP contribution in [0.2, 0.25) is 5.02 Å². The summed E-state index contributed by atoms with van der Waals surface area (Å²) < 4.78 is 5.13. The lowest BCUT2D eigenvalue weighted by Gasteiger charge is -2.34. The maximum absolute atomic E-state index is 6.10. The van der Waals surface area contributed by atoms with Gasteiger partial charge in [-0.2, -0.15) is 0 Å². The molecule has 1 heterocycles. The largest absolute Gasteiger partial charge is 0.495 e. The van der Waals surface area contributed by atoms with Crippen LogP contribution >= 0.6 is 11.6 Å². The summed E-state index contributed by atoms with van der Waals surface area (Å²) in [6, 6.07) is 6.14. The van der Waals surface area contributed by atoms with Gasteiger partial charge >= 0.3 is 0 Å². The van der Waals surface area contributed by atoms with Crippen molar-refractivity contribution in [1.29, 1.82) is 0 Å². The van der Waals surface area contributed by atoms with Crippen molar-refractivity contribution in [2.45, 2.75) is 18.9 Å². The van der Waals surface area contributed by atoms with Crippen LogP contribution in [0.4, 0.5) is 5.69 Å². The molecule has 1 fully saturated rings. The van der Waals surface area contributed by atoms with Gasteiger partial charge in [0.2, 0.25) is 0 Å². The Hall–Kier alpha value is -1.50. The van der Waals surface area contributed by atoms with Gasteiger partial charge < -0.3 is 25.6 Å². The highest BCUT2D eigenvalue weighted by atomic mass is 35.5. The molecule has 0 amide bonds. The summed E-state index contributed by atoms with van der Waals surface area (Å²) in [7, 11) is 5.90. The summed E-state index contributed by atoms with van der Waals surface area (Å²) in [5.41, 5.74) is 6.74. The molecule has 1 aliphatic heterocycles. The highest BCUT2D eigenvalue weighted by molar-refractivity contribution is 6.32. The lowest BCUT2D eigenvalue weighted by Crippen LogP contribution is -2.42. The molecule has 3 N–H and O–H groups in total. The number of guanidine groups is 1. The number of benzene rings is 1. The molecule has 6 nitrogen and oxygen atoms in total. The van der Waals surface area contributed by atoms with Gasteiger partial charge in [-0.1, -0.05) is 11.6 Å². The van der Waals surface area contributed by atoms with E-state index in [1.807, 2.05) is 6.07 Å². The number of nitrogens with one attached hydrogen (secondary N) is 1. The van der Waals surface area contributed by atoms with Gasteiger partial charge in [0.25, 0.3) is 0 Å². The van der Waals surface area contributed by atoms with Crippen molar-refractivity contribution < 1.29 is 4.74 Å². The molecule has 1 saturated heterocycles. The third-order valence-electron chi connectivity index (χ3n) is 4.41. The Morgan fingerprint density at radius 2 is 2.12 bits per heavy atom. The normalized spacial score (nSPS) is 17.3. The van der Waals surface area contributed by atoms with Crippen molar-refractivity contribution >= 4 is 23.2 Å². The number of nitrogens with zero attached hydrogens (tertiary/aromatic N) is 3. The van der Waals surface area contributed by atoms with Gasteiger partial charge in [0.1, 0.15) is 5.75 Å². The van der Waals surface area contributed by atoms with Gasteiger partial charge in [0.15, 0.2) is 5.96 Å². The molecule has 1 aromatic rings. The van der Waals surface area contributed by atoms with Gasteiger partial charge in [-0.25, -0.2) is 0 Å². The van der Waals surface area contributed by atoms with Crippen LogP contribution in [0.3, 0.4) is 0 Å². The molecule has 7 heteroatoms. The zero-order chi connectivity index (χ0) is 17.5. The van der Waals surface area contributed by atoms with Crippen molar-refractivity contribution in [3.63, 3.8) is 0 Å². The SMILES string of the molecule is COc1ccc(NC(N)=NCCN2CCC(N(C)C)CC2)cc1Cl. The Kier molecular flexibility index (Phi) is 7.15. The van der Waals surface area contributed by atoms with Crippen LogP contribution in [0, 0.1) is 0 Å². The summed E-state index contributed by atoms with van der Waals surface area (Å²) in [5, 5.41) is 3.60. The Morgan fingerprint density at radius 1 is 1.42 bits per heavy atom. The van der Waals surface area contributed by atoms with Crippen molar-refractivity contribution in [1.82, 2.24) is 9.80 Å². The third-order valence-corrected chi connectivity index (χ3v) is 4.71. The predicted octanol–water partition coefficient (Wildman–Crippen LogP) is 2.10. The van der Waals surface area contributed by atoms with Gasteiger partial charge in [0, 0.05) is 18.3 Å². The second-order valence-electron chi connectivity index (χ2n) is 6.28. The molecular weight excluding hydrogens is 326 g/mol. The number of hydrogen-bond donors (Lipinski definition) is 2. The number of methoxy groups -OCH3 is 1. The van der Waals surface area contributed by atoms with E-state index in [4.69, 9.17) is 22.1 Å². The second kappa shape index (κ2) is 9.11. The monoisotopic (exact) mass is 353 g/mol. The van der Waals surface area contributed by atoms with Gasteiger partial charge in [-0.15, -0.1) is 0 Å². The molecular formula is C17H28ClN5O. The molecule has 0 spiro atoms. The van der Waals surface area contributed by atoms with Crippen LogP contribution in [0.1, 0.15) is 12.8 Å². The smallest absolute Gasteiger partial charge is 0.193 e. The third kappa shape index (κ3) is 5.54. The Bertz CT molecular complexity index is 556. The van der Waals surface area contributed by atoms with E-state index in [-0.39, 0.29) is 0 Å². The first-order chi connectivity index (χ1) is 11.5. The van der Waals surface area contributed by atoms with Crippen LogP contribution in [-0.2, 0) is 0 Å². The standard InChI is InChI=1S/C17H28ClN5O/c1-22(2)14-6-9-23(10-7-14)11-8-20-17(19)21-13-4-5-16(24-3)15(18)12-13/h4-5,12,14H,6-11H2,1-3H3,(H3,19,20,21). The van der Waals surface area contributed by atoms with E-state index in [0.29, 0.717) is 29.3 Å². The first kappa shape index (κ1) is 18.8. The summed E-state index contributed by atoms with van der Waals surface area (Å²) in [5.74, 6) is 1.04. The lowest BCUT2D eigenvalue weighted by molar-refractivity contribution is 0.148. The molecule has 134 valence electrons. The number of likely N-dealkylation sites (tertiary alicyclic amines) is 1. The molecule has 1 aromatic carbocycles.